The molecule has 3 atom stereocenters. The van der Waals surface area contributed by atoms with Crippen molar-refractivity contribution in [3.63, 3.8) is 0 Å². The van der Waals surface area contributed by atoms with Crippen LogP contribution in [0.4, 0.5) is 0 Å². The largest absolute Gasteiger partial charge is 0.394 e. The molecule has 0 aliphatic carbocycles. The quantitative estimate of drug-likeness (QED) is 0.0295. The molecule has 0 aromatic heterocycles. The second-order valence-electron chi connectivity index (χ2n) is 14.3. The van der Waals surface area contributed by atoms with E-state index in [4.69, 9.17) is 0 Å². The molecule has 0 bridgehead atoms. The van der Waals surface area contributed by atoms with Crippen molar-refractivity contribution in [1.82, 2.24) is 5.32 Å². The number of hydrogen-bond donors (Lipinski definition) is 4. The molecule has 5 nitrogen and oxygen atoms in total. The van der Waals surface area contributed by atoms with Crippen LogP contribution in [0.2, 0.25) is 0 Å². The predicted octanol–water partition coefficient (Wildman–Crippen LogP) is 11.9. The Morgan fingerprint density at radius 2 is 0.920 bits per heavy atom. The molecule has 4 N–H and O–H groups in total. The molecule has 0 radical (unpaired) electrons. The Bertz CT molecular complexity index is 861. The number of hydrogen-bond acceptors (Lipinski definition) is 4. The van der Waals surface area contributed by atoms with Crippen molar-refractivity contribution in [3.05, 3.63) is 60.8 Å². The van der Waals surface area contributed by atoms with Gasteiger partial charge in [-0.3, -0.25) is 4.79 Å². The highest BCUT2D eigenvalue weighted by Crippen LogP contribution is 2.13. The van der Waals surface area contributed by atoms with Crippen LogP contribution in [0, 0.1) is 0 Å². The topological polar surface area (TPSA) is 89.8 Å². The van der Waals surface area contributed by atoms with E-state index in [0.717, 1.165) is 64.2 Å². The van der Waals surface area contributed by atoms with Crippen molar-refractivity contribution in [2.24, 2.45) is 0 Å². The minimum absolute atomic E-state index is 0.0142. The molecule has 0 aliphatic heterocycles. The number of carbonyl (C=O) groups excluding carboxylic acids is 1. The van der Waals surface area contributed by atoms with Crippen molar-refractivity contribution in [3.8, 4) is 0 Å². The molecule has 0 aromatic rings. The molecule has 0 aliphatic rings. The molecular formula is C45H81NO4. The number of nitrogens with one attached hydrogen (secondary N) is 1. The minimum atomic E-state index is -0.967. The Morgan fingerprint density at radius 1 is 0.520 bits per heavy atom. The van der Waals surface area contributed by atoms with Gasteiger partial charge in [0.15, 0.2) is 0 Å². The Hall–Kier alpha value is -1.95. The van der Waals surface area contributed by atoms with Crippen molar-refractivity contribution in [1.29, 1.82) is 0 Å². The summed E-state index contributed by atoms with van der Waals surface area (Å²) in [6.45, 7) is 4.15. The summed E-state index contributed by atoms with van der Waals surface area (Å²) in [5.74, 6) is -0.344. The average Bonchev–Trinajstić information content (AvgIpc) is 3.11. The fourth-order valence-corrected chi connectivity index (χ4v) is 6.01. The Labute approximate surface area is 309 Å². The van der Waals surface area contributed by atoms with E-state index in [-0.39, 0.29) is 18.9 Å². The van der Waals surface area contributed by atoms with E-state index in [1.165, 1.54) is 103 Å². The number of aliphatic hydroxyl groups is 3. The lowest BCUT2D eigenvalue weighted by Gasteiger charge is -2.20. The van der Waals surface area contributed by atoms with E-state index in [1.54, 1.807) is 6.08 Å². The molecule has 0 spiro atoms. The summed E-state index contributed by atoms with van der Waals surface area (Å²) in [4.78, 5) is 12.4. The first kappa shape index (κ1) is 48.0. The van der Waals surface area contributed by atoms with Gasteiger partial charge in [-0.25, -0.2) is 0 Å². The van der Waals surface area contributed by atoms with E-state index in [2.05, 4.69) is 67.8 Å². The molecule has 50 heavy (non-hydrogen) atoms. The zero-order chi connectivity index (χ0) is 36.6. The van der Waals surface area contributed by atoms with Crippen LogP contribution in [0.15, 0.2) is 60.8 Å². The fraction of sp³-hybridized carbons (Fsp3) is 0.756. The molecule has 0 rings (SSSR count). The van der Waals surface area contributed by atoms with Crippen LogP contribution in [-0.4, -0.2) is 46.1 Å². The Kier molecular flexibility index (Phi) is 38.3. The number of amides is 1. The standard InChI is InChI=1S/C45H81NO4/c1-3-5-7-9-11-13-15-17-18-19-20-21-22-23-24-25-27-29-31-33-35-37-39-44(49)43(41-47)46-45(50)40-42(48)38-36-34-32-30-28-26-16-14-12-10-8-6-4-2/h12,14,16,23-24,26,29,31,37,39,42-44,47-49H,3-11,13,15,17-22,25,27-28,30,32-36,38,40-41H2,1-2H3,(H,46,50)/b14-12-,24-23+,26-16-,31-29+,39-37+. The van der Waals surface area contributed by atoms with Crippen molar-refractivity contribution in [2.45, 2.75) is 212 Å². The van der Waals surface area contributed by atoms with E-state index < -0.39 is 18.2 Å². The molecule has 0 saturated carbocycles. The normalized spacial score (nSPS) is 14.3. The van der Waals surface area contributed by atoms with Crippen molar-refractivity contribution >= 4 is 5.91 Å². The highest BCUT2D eigenvalue weighted by atomic mass is 16.3. The summed E-state index contributed by atoms with van der Waals surface area (Å²) in [6, 6.07) is -0.776. The maximum atomic E-state index is 12.4. The monoisotopic (exact) mass is 700 g/mol. The van der Waals surface area contributed by atoms with E-state index in [0.29, 0.717) is 6.42 Å². The van der Waals surface area contributed by atoms with Crippen LogP contribution in [0.25, 0.3) is 0 Å². The fourth-order valence-electron chi connectivity index (χ4n) is 6.01. The summed E-state index contributed by atoms with van der Waals surface area (Å²) >= 11 is 0. The number of rotatable bonds is 37. The van der Waals surface area contributed by atoms with Gasteiger partial charge < -0.3 is 20.6 Å². The van der Waals surface area contributed by atoms with Crippen molar-refractivity contribution in [2.75, 3.05) is 6.61 Å². The third-order valence-corrected chi connectivity index (χ3v) is 9.28. The zero-order valence-corrected chi connectivity index (χ0v) is 32.8. The highest BCUT2D eigenvalue weighted by Gasteiger charge is 2.20. The number of aliphatic hydroxyl groups excluding tert-OH is 3. The number of carbonyl (C=O) groups is 1. The second-order valence-corrected chi connectivity index (χ2v) is 14.3. The van der Waals surface area contributed by atoms with Crippen LogP contribution in [0.5, 0.6) is 0 Å². The Morgan fingerprint density at radius 3 is 1.44 bits per heavy atom. The molecule has 0 heterocycles. The zero-order valence-electron chi connectivity index (χ0n) is 32.8. The predicted molar refractivity (Wildman–Crippen MR) is 217 cm³/mol. The third kappa shape index (κ3) is 35.9. The van der Waals surface area contributed by atoms with Gasteiger partial charge in [0.1, 0.15) is 0 Å². The molecule has 290 valence electrons. The van der Waals surface area contributed by atoms with Crippen LogP contribution < -0.4 is 5.32 Å². The van der Waals surface area contributed by atoms with Crippen LogP contribution in [0.3, 0.4) is 0 Å². The van der Waals surface area contributed by atoms with Gasteiger partial charge in [0.05, 0.1) is 31.3 Å². The molecule has 0 fully saturated rings. The van der Waals surface area contributed by atoms with Crippen LogP contribution >= 0.6 is 0 Å². The molecule has 1 amide bonds. The number of unbranched alkanes of at least 4 members (excludes halogenated alkanes) is 21. The summed E-state index contributed by atoms with van der Waals surface area (Å²) in [7, 11) is 0. The highest BCUT2D eigenvalue weighted by molar-refractivity contribution is 5.76. The summed E-state index contributed by atoms with van der Waals surface area (Å²) < 4.78 is 0. The average molecular weight is 700 g/mol. The molecule has 5 heteroatoms. The first-order valence-corrected chi connectivity index (χ1v) is 21.1. The minimum Gasteiger partial charge on any atom is -0.394 e. The van der Waals surface area contributed by atoms with E-state index in [9.17, 15) is 20.1 Å². The molecule has 3 unspecified atom stereocenters. The van der Waals surface area contributed by atoms with Crippen molar-refractivity contribution < 1.29 is 20.1 Å². The Balaban J connectivity index is 3.79. The van der Waals surface area contributed by atoms with Crippen LogP contribution in [0.1, 0.15) is 194 Å². The maximum absolute atomic E-state index is 12.4. The lowest BCUT2D eigenvalue weighted by molar-refractivity contribution is -0.124. The smallest absolute Gasteiger partial charge is 0.222 e. The first-order chi connectivity index (χ1) is 24.5. The van der Waals surface area contributed by atoms with Gasteiger partial charge in [-0.1, -0.05) is 177 Å². The van der Waals surface area contributed by atoms with Gasteiger partial charge in [-0.15, -0.1) is 0 Å². The lowest BCUT2D eigenvalue weighted by Crippen LogP contribution is -2.45. The number of allylic oxidation sites excluding steroid dienone is 9. The van der Waals surface area contributed by atoms with Crippen LogP contribution in [-0.2, 0) is 4.79 Å². The summed E-state index contributed by atoms with van der Waals surface area (Å²) in [5.41, 5.74) is 0. The first-order valence-electron chi connectivity index (χ1n) is 21.1. The van der Waals surface area contributed by atoms with Gasteiger partial charge in [0, 0.05) is 0 Å². The van der Waals surface area contributed by atoms with E-state index >= 15 is 0 Å². The second kappa shape index (κ2) is 39.8. The lowest BCUT2D eigenvalue weighted by atomic mass is 10.0. The SMILES string of the molecule is CCCCC/C=C\C=C/CCCCCCC(O)CC(=O)NC(CO)C(O)/C=C/CC/C=C/CC/C=C/CCCCCCCCCCCCCC. The van der Waals surface area contributed by atoms with Gasteiger partial charge in [-0.05, 0) is 70.6 Å². The molecule has 0 aromatic carbocycles. The van der Waals surface area contributed by atoms with Gasteiger partial charge in [0.25, 0.3) is 0 Å². The summed E-state index contributed by atoms with van der Waals surface area (Å²) in [5, 5.41) is 33.1. The van der Waals surface area contributed by atoms with Gasteiger partial charge in [-0.2, -0.15) is 0 Å². The third-order valence-electron chi connectivity index (χ3n) is 9.28. The summed E-state index contributed by atoms with van der Waals surface area (Å²) in [6.07, 6.45) is 52.2. The molecule has 0 saturated heterocycles. The maximum Gasteiger partial charge on any atom is 0.222 e. The van der Waals surface area contributed by atoms with Gasteiger partial charge >= 0.3 is 0 Å². The van der Waals surface area contributed by atoms with E-state index in [1.807, 2.05) is 6.08 Å². The molecular weight excluding hydrogens is 618 g/mol. The van der Waals surface area contributed by atoms with Gasteiger partial charge in [0.2, 0.25) is 5.91 Å².